The molecule has 2 N–H and O–H groups in total. The Kier molecular flexibility index (Phi) is 4.33. The van der Waals surface area contributed by atoms with Crippen LogP contribution < -0.4 is 10.6 Å². The summed E-state index contributed by atoms with van der Waals surface area (Å²) in [6, 6.07) is 10.6. The smallest absolute Gasteiger partial charge is 0.246 e. The number of anilines is 2. The molecule has 3 nitrogen and oxygen atoms in total. The monoisotopic (exact) mass is 312 g/mol. The van der Waals surface area contributed by atoms with Crippen LogP contribution >= 0.6 is 0 Å². The number of hydrogen-bond acceptors (Lipinski definition) is 2. The molecule has 0 bridgehead atoms. The Morgan fingerprint density at radius 1 is 1.09 bits per heavy atom. The molecule has 2 aromatic rings. The fourth-order valence-corrected chi connectivity index (χ4v) is 2.90. The van der Waals surface area contributed by atoms with Crippen LogP contribution in [0.25, 0.3) is 0 Å². The molecule has 0 aliphatic heterocycles. The topological polar surface area (TPSA) is 41.1 Å². The molecule has 0 radical (unpaired) electrons. The van der Waals surface area contributed by atoms with Crippen LogP contribution in [0.15, 0.2) is 36.4 Å². The molecule has 1 amide bonds. The largest absolute Gasteiger partial charge is 0.374 e. The second-order valence-electron chi connectivity index (χ2n) is 6.16. The van der Waals surface area contributed by atoms with E-state index >= 15 is 0 Å². The fourth-order valence-electron chi connectivity index (χ4n) is 2.90. The number of hydrogen-bond donors (Lipinski definition) is 2. The van der Waals surface area contributed by atoms with Crippen molar-refractivity contribution >= 4 is 17.3 Å². The van der Waals surface area contributed by atoms with E-state index in [1.165, 1.54) is 23.6 Å². The van der Waals surface area contributed by atoms with Gasteiger partial charge in [0, 0.05) is 11.4 Å². The number of carbonyl (C=O) groups excluding carboxylic acids is 1. The summed E-state index contributed by atoms with van der Waals surface area (Å²) in [5, 5.41) is 5.95. The second kappa shape index (κ2) is 6.41. The van der Waals surface area contributed by atoms with Crippen molar-refractivity contribution in [3.05, 3.63) is 58.9 Å². The van der Waals surface area contributed by atoms with Gasteiger partial charge in [0.2, 0.25) is 5.91 Å². The standard InChI is InChI=1S/C19H21FN2O/c1-12-6-8-17(11-18(12)20)22-19(23)13(2)21-16-9-7-14-4-3-5-15(14)10-16/h6-11,13,21H,3-5H2,1-2H3,(H,22,23)/t13-/m0/s1. The van der Waals surface area contributed by atoms with Gasteiger partial charge in [0.05, 0.1) is 0 Å². The maximum atomic E-state index is 13.5. The zero-order valence-electron chi connectivity index (χ0n) is 13.4. The normalized spacial score (nSPS) is 14.2. The van der Waals surface area contributed by atoms with E-state index in [1.807, 2.05) is 6.07 Å². The van der Waals surface area contributed by atoms with E-state index < -0.39 is 6.04 Å². The van der Waals surface area contributed by atoms with Gasteiger partial charge in [0.1, 0.15) is 11.9 Å². The first-order valence-electron chi connectivity index (χ1n) is 7.98. The minimum atomic E-state index is -0.404. The third kappa shape index (κ3) is 3.52. The van der Waals surface area contributed by atoms with E-state index in [0.29, 0.717) is 11.3 Å². The van der Waals surface area contributed by atoms with Gasteiger partial charge in [0.25, 0.3) is 0 Å². The first-order valence-corrected chi connectivity index (χ1v) is 7.98. The maximum absolute atomic E-state index is 13.5. The molecule has 4 heteroatoms. The van der Waals surface area contributed by atoms with Crippen molar-refractivity contribution in [3.63, 3.8) is 0 Å². The van der Waals surface area contributed by atoms with Gasteiger partial charge in [-0.15, -0.1) is 0 Å². The Hall–Kier alpha value is -2.36. The number of amides is 1. The fraction of sp³-hybridized carbons (Fsp3) is 0.316. The predicted molar refractivity (Wildman–Crippen MR) is 91.3 cm³/mol. The Labute approximate surface area is 135 Å². The summed E-state index contributed by atoms with van der Waals surface area (Å²) in [4.78, 5) is 12.3. The zero-order chi connectivity index (χ0) is 16.4. The van der Waals surface area contributed by atoms with Gasteiger partial charge in [-0.2, -0.15) is 0 Å². The van der Waals surface area contributed by atoms with Gasteiger partial charge in [-0.25, -0.2) is 4.39 Å². The number of fused-ring (bicyclic) bond motifs is 1. The molecule has 1 aliphatic rings. The Morgan fingerprint density at radius 2 is 1.83 bits per heavy atom. The summed E-state index contributed by atoms with van der Waals surface area (Å²) in [5.74, 6) is -0.504. The van der Waals surface area contributed by atoms with Crippen LogP contribution in [0.2, 0.25) is 0 Å². The zero-order valence-corrected chi connectivity index (χ0v) is 13.4. The third-order valence-corrected chi connectivity index (χ3v) is 4.31. The SMILES string of the molecule is Cc1ccc(NC(=O)[C@H](C)Nc2ccc3c(c2)CCC3)cc1F. The van der Waals surface area contributed by atoms with Crippen molar-refractivity contribution in [2.75, 3.05) is 10.6 Å². The van der Waals surface area contributed by atoms with E-state index in [2.05, 4.69) is 22.8 Å². The number of halogens is 1. The Balaban J connectivity index is 1.64. The van der Waals surface area contributed by atoms with E-state index in [0.717, 1.165) is 18.5 Å². The molecular formula is C19H21FN2O. The highest BCUT2D eigenvalue weighted by Gasteiger charge is 2.15. The van der Waals surface area contributed by atoms with Crippen LogP contribution in [0.4, 0.5) is 15.8 Å². The summed E-state index contributed by atoms with van der Waals surface area (Å²) < 4.78 is 13.5. The molecule has 0 heterocycles. The highest BCUT2D eigenvalue weighted by atomic mass is 19.1. The van der Waals surface area contributed by atoms with Gasteiger partial charge in [-0.3, -0.25) is 4.79 Å². The lowest BCUT2D eigenvalue weighted by atomic mass is 10.1. The molecule has 0 spiro atoms. The van der Waals surface area contributed by atoms with Gasteiger partial charge < -0.3 is 10.6 Å². The minimum absolute atomic E-state index is 0.186. The molecule has 1 aliphatic carbocycles. The molecule has 2 aromatic carbocycles. The number of carbonyl (C=O) groups is 1. The quantitative estimate of drug-likeness (QED) is 0.894. The van der Waals surface area contributed by atoms with E-state index in [-0.39, 0.29) is 11.7 Å². The highest BCUT2D eigenvalue weighted by Crippen LogP contribution is 2.25. The average molecular weight is 312 g/mol. The molecule has 0 aromatic heterocycles. The maximum Gasteiger partial charge on any atom is 0.246 e. The van der Waals surface area contributed by atoms with E-state index in [4.69, 9.17) is 0 Å². The van der Waals surface area contributed by atoms with Crippen molar-refractivity contribution in [3.8, 4) is 0 Å². The molecule has 0 saturated heterocycles. The van der Waals surface area contributed by atoms with Crippen molar-refractivity contribution in [1.82, 2.24) is 0 Å². The molecule has 23 heavy (non-hydrogen) atoms. The molecule has 120 valence electrons. The van der Waals surface area contributed by atoms with Crippen molar-refractivity contribution in [2.45, 2.75) is 39.2 Å². The molecule has 3 rings (SSSR count). The highest BCUT2D eigenvalue weighted by molar-refractivity contribution is 5.96. The molecule has 0 fully saturated rings. The minimum Gasteiger partial charge on any atom is -0.374 e. The number of benzene rings is 2. The second-order valence-corrected chi connectivity index (χ2v) is 6.16. The summed E-state index contributed by atoms with van der Waals surface area (Å²) in [5.41, 5.74) is 4.75. The van der Waals surface area contributed by atoms with Gasteiger partial charge in [-0.1, -0.05) is 12.1 Å². The van der Waals surface area contributed by atoms with Gasteiger partial charge >= 0.3 is 0 Å². The van der Waals surface area contributed by atoms with Crippen molar-refractivity contribution in [1.29, 1.82) is 0 Å². The first kappa shape index (κ1) is 15.5. The van der Waals surface area contributed by atoms with Crippen LogP contribution in [0, 0.1) is 12.7 Å². The van der Waals surface area contributed by atoms with Crippen LogP contribution in [-0.2, 0) is 17.6 Å². The Bertz CT molecular complexity index is 742. The third-order valence-electron chi connectivity index (χ3n) is 4.31. The van der Waals surface area contributed by atoms with E-state index in [1.54, 1.807) is 26.0 Å². The summed E-state index contributed by atoms with van der Waals surface area (Å²) >= 11 is 0. The number of aryl methyl sites for hydroxylation is 3. The van der Waals surface area contributed by atoms with Gasteiger partial charge in [-0.05, 0) is 74.1 Å². The predicted octanol–water partition coefficient (Wildman–Crippen LogP) is 4.06. The van der Waals surface area contributed by atoms with Crippen LogP contribution in [0.3, 0.4) is 0 Å². The lowest BCUT2D eigenvalue weighted by Crippen LogP contribution is -2.31. The molecule has 0 unspecified atom stereocenters. The molecule has 1 atom stereocenters. The molecule has 0 saturated carbocycles. The molecular weight excluding hydrogens is 291 g/mol. The Morgan fingerprint density at radius 3 is 2.61 bits per heavy atom. The van der Waals surface area contributed by atoms with Crippen molar-refractivity contribution in [2.24, 2.45) is 0 Å². The lowest BCUT2D eigenvalue weighted by molar-refractivity contribution is -0.116. The average Bonchev–Trinajstić information content (AvgIpc) is 2.98. The van der Waals surface area contributed by atoms with E-state index in [9.17, 15) is 9.18 Å². The summed E-state index contributed by atoms with van der Waals surface area (Å²) in [6.45, 7) is 3.49. The van der Waals surface area contributed by atoms with Gasteiger partial charge in [0.15, 0.2) is 0 Å². The van der Waals surface area contributed by atoms with Crippen LogP contribution in [0.5, 0.6) is 0 Å². The van der Waals surface area contributed by atoms with Crippen molar-refractivity contribution < 1.29 is 9.18 Å². The van der Waals surface area contributed by atoms with Crippen LogP contribution in [-0.4, -0.2) is 11.9 Å². The van der Waals surface area contributed by atoms with Crippen LogP contribution in [0.1, 0.15) is 30.0 Å². The first-order chi connectivity index (χ1) is 11.0. The summed E-state index contributed by atoms with van der Waals surface area (Å²) in [6.07, 6.45) is 3.45. The summed E-state index contributed by atoms with van der Waals surface area (Å²) in [7, 11) is 0. The lowest BCUT2D eigenvalue weighted by Gasteiger charge is -2.16. The number of nitrogens with one attached hydrogen (secondary N) is 2. The number of rotatable bonds is 4.